The van der Waals surface area contributed by atoms with Crippen LogP contribution in [-0.2, 0) is 26.2 Å². The van der Waals surface area contributed by atoms with Crippen molar-refractivity contribution >= 4 is 43.5 Å². The Hall–Kier alpha value is -2.39. The molecule has 0 aliphatic rings. The van der Waals surface area contributed by atoms with Gasteiger partial charge in [-0.3, -0.25) is 13.9 Å². The molecule has 0 saturated heterocycles. The molecule has 1 atom stereocenters. The molecule has 0 saturated carbocycles. The maximum Gasteiger partial charge on any atom is 0.242 e. The monoisotopic (exact) mass is 579 g/mol. The van der Waals surface area contributed by atoms with Gasteiger partial charge in [0, 0.05) is 30.5 Å². The van der Waals surface area contributed by atoms with Gasteiger partial charge in [0.2, 0.25) is 21.8 Å². The SMILES string of the molecule is Cc1ccc(C)c(N(CCCC(=O)N(Cc2cccc(Br)c2)[C@@H](C)C(=O)NCC(C)C)S(C)(=O)=O)c1. The van der Waals surface area contributed by atoms with E-state index < -0.39 is 16.1 Å². The van der Waals surface area contributed by atoms with E-state index in [4.69, 9.17) is 0 Å². The van der Waals surface area contributed by atoms with Crippen molar-refractivity contribution in [2.24, 2.45) is 5.92 Å². The van der Waals surface area contributed by atoms with Crippen LogP contribution in [0.1, 0.15) is 50.3 Å². The van der Waals surface area contributed by atoms with Crippen LogP contribution in [-0.4, -0.2) is 50.5 Å². The van der Waals surface area contributed by atoms with Crippen LogP contribution in [0, 0.1) is 19.8 Å². The minimum Gasteiger partial charge on any atom is -0.354 e. The first-order valence-corrected chi connectivity index (χ1v) is 14.8. The molecule has 9 heteroatoms. The summed E-state index contributed by atoms with van der Waals surface area (Å²) >= 11 is 3.46. The standard InChI is InChI=1S/C27H38BrN3O4S/c1-19(2)17-29-27(33)22(5)30(18-23-9-7-10-24(28)16-23)26(32)11-8-14-31(36(6,34)35)25-15-20(3)12-13-21(25)4/h7,9-10,12-13,15-16,19,22H,8,11,14,17-18H2,1-6H3,(H,29,33)/t22-/m0/s1. The summed E-state index contributed by atoms with van der Waals surface area (Å²) in [7, 11) is -3.53. The Balaban J connectivity index is 2.19. The lowest BCUT2D eigenvalue weighted by Gasteiger charge is -2.30. The summed E-state index contributed by atoms with van der Waals surface area (Å²) in [5.74, 6) is -0.112. The smallest absolute Gasteiger partial charge is 0.242 e. The number of nitrogens with zero attached hydrogens (tertiary/aromatic N) is 2. The molecule has 36 heavy (non-hydrogen) atoms. The average Bonchev–Trinajstić information content (AvgIpc) is 2.79. The summed E-state index contributed by atoms with van der Waals surface area (Å²) in [6, 6.07) is 12.6. The molecule has 0 bridgehead atoms. The Morgan fingerprint density at radius 2 is 1.75 bits per heavy atom. The summed E-state index contributed by atoms with van der Waals surface area (Å²) in [6.07, 6.45) is 1.62. The molecule has 0 aliphatic heterocycles. The topological polar surface area (TPSA) is 86.8 Å². The Bertz CT molecular complexity index is 1170. The highest BCUT2D eigenvalue weighted by molar-refractivity contribution is 9.10. The molecule has 0 heterocycles. The highest BCUT2D eigenvalue weighted by atomic mass is 79.9. The van der Waals surface area contributed by atoms with Gasteiger partial charge in [-0.15, -0.1) is 0 Å². The van der Waals surface area contributed by atoms with E-state index in [0.29, 0.717) is 24.6 Å². The molecule has 2 aromatic rings. The maximum absolute atomic E-state index is 13.4. The van der Waals surface area contributed by atoms with Crippen molar-refractivity contribution in [2.75, 3.05) is 23.7 Å². The fourth-order valence-corrected chi connectivity index (χ4v) is 5.30. The van der Waals surface area contributed by atoms with Gasteiger partial charge < -0.3 is 10.2 Å². The largest absolute Gasteiger partial charge is 0.354 e. The minimum absolute atomic E-state index is 0.118. The van der Waals surface area contributed by atoms with E-state index in [2.05, 4.69) is 21.2 Å². The lowest BCUT2D eigenvalue weighted by Crippen LogP contribution is -2.48. The Morgan fingerprint density at radius 3 is 2.36 bits per heavy atom. The first-order chi connectivity index (χ1) is 16.8. The molecule has 7 nitrogen and oxygen atoms in total. The van der Waals surface area contributed by atoms with E-state index >= 15 is 0 Å². The van der Waals surface area contributed by atoms with Gasteiger partial charge in [0.15, 0.2) is 0 Å². The molecule has 0 radical (unpaired) electrons. The van der Waals surface area contributed by atoms with Gasteiger partial charge in [0.1, 0.15) is 6.04 Å². The van der Waals surface area contributed by atoms with E-state index in [0.717, 1.165) is 21.2 Å². The number of sulfonamides is 1. The molecular weight excluding hydrogens is 542 g/mol. The van der Waals surface area contributed by atoms with Crippen LogP contribution in [0.3, 0.4) is 0 Å². The lowest BCUT2D eigenvalue weighted by molar-refractivity contribution is -0.140. The predicted molar refractivity (Wildman–Crippen MR) is 149 cm³/mol. The highest BCUT2D eigenvalue weighted by Crippen LogP contribution is 2.25. The molecule has 1 N–H and O–H groups in total. The zero-order chi connectivity index (χ0) is 27.0. The second kappa shape index (κ2) is 13.2. The second-order valence-corrected chi connectivity index (χ2v) is 12.5. The van der Waals surface area contributed by atoms with Gasteiger partial charge >= 0.3 is 0 Å². The third-order valence-electron chi connectivity index (χ3n) is 5.88. The van der Waals surface area contributed by atoms with Crippen molar-refractivity contribution in [1.82, 2.24) is 10.2 Å². The first kappa shape index (κ1) is 29.8. The Labute approximate surface area is 224 Å². The number of carbonyl (C=O) groups is 2. The summed E-state index contributed by atoms with van der Waals surface area (Å²) in [5.41, 5.74) is 3.33. The number of hydrogen-bond donors (Lipinski definition) is 1. The van der Waals surface area contributed by atoms with E-state index in [-0.39, 0.29) is 31.3 Å². The van der Waals surface area contributed by atoms with Crippen molar-refractivity contribution in [2.45, 2.75) is 60.0 Å². The van der Waals surface area contributed by atoms with Crippen LogP contribution in [0.4, 0.5) is 5.69 Å². The molecular formula is C27H38BrN3O4S. The molecule has 0 aliphatic carbocycles. The summed E-state index contributed by atoms with van der Waals surface area (Å²) in [6.45, 7) is 10.5. The Kier molecular flexibility index (Phi) is 11.0. The van der Waals surface area contributed by atoms with E-state index in [1.807, 2.05) is 70.2 Å². The van der Waals surface area contributed by atoms with Crippen molar-refractivity contribution in [3.05, 3.63) is 63.6 Å². The zero-order valence-electron chi connectivity index (χ0n) is 22.0. The first-order valence-electron chi connectivity index (χ1n) is 12.2. The molecule has 0 fully saturated rings. The molecule has 0 unspecified atom stereocenters. The third-order valence-corrected chi connectivity index (χ3v) is 7.55. The lowest BCUT2D eigenvalue weighted by atomic mass is 10.1. The van der Waals surface area contributed by atoms with Crippen LogP contribution in [0.5, 0.6) is 0 Å². The fourth-order valence-electron chi connectivity index (χ4n) is 3.84. The number of rotatable bonds is 12. The van der Waals surface area contributed by atoms with E-state index in [9.17, 15) is 18.0 Å². The number of halogens is 1. The second-order valence-electron chi connectivity index (χ2n) is 9.70. The molecule has 0 aromatic heterocycles. The number of hydrogen-bond acceptors (Lipinski definition) is 4. The number of aryl methyl sites for hydroxylation is 2. The summed E-state index contributed by atoms with van der Waals surface area (Å²) < 4.78 is 27.4. The summed E-state index contributed by atoms with van der Waals surface area (Å²) in [4.78, 5) is 27.8. The van der Waals surface area contributed by atoms with Gasteiger partial charge in [0.25, 0.3) is 0 Å². The van der Waals surface area contributed by atoms with Crippen LogP contribution in [0.25, 0.3) is 0 Å². The molecule has 2 amide bonds. The van der Waals surface area contributed by atoms with Gasteiger partial charge in [-0.25, -0.2) is 8.42 Å². The third kappa shape index (κ3) is 8.92. The van der Waals surface area contributed by atoms with Crippen molar-refractivity contribution in [1.29, 1.82) is 0 Å². The number of benzene rings is 2. The summed E-state index contributed by atoms with van der Waals surface area (Å²) in [5, 5.41) is 2.91. The zero-order valence-corrected chi connectivity index (χ0v) is 24.4. The van der Waals surface area contributed by atoms with Crippen molar-refractivity contribution in [3.8, 4) is 0 Å². The Morgan fingerprint density at radius 1 is 1.06 bits per heavy atom. The molecule has 198 valence electrons. The number of anilines is 1. The molecule has 2 rings (SSSR count). The minimum atomic E-state index is -3.53. The average molecular weight is 581 g/mol. The van der Waals surface area contributed by atoms with E-state index in [1.54, 1.807) is 11.8 Å². The normalized spacial score (nSPS) is 12.3. The van der Waals surface area contributed by atoms with Crippen molar-refractivity contribution < 1.29 is 18.0 Å². The number of nitrogens with one attached hydrogen (secondary N) is 1. The van der Waals surface area contributed by atoms with Crippen LogP contribution >= 0.6 is 15.9 Å². The van der Waals surface area contributed by atoms with Crippen LogP contribution < -0.4 is 9.62 Å². The van der Waals surface area contributed by atoms with Crippen molar-refractivity contribution in [3.63, 3.8) is 0 Å². The molecule has 2 aromatic carbocycles. The van der Waals surface area contributed by atoms with Crippen LogP contribution in [0.15, 0.2) is 46.9 Å². The van der Waals surface area contributed by atoms with Gasteiger partial charge in [-0.05, 0) is 68.0 Å². The molecule has 0 spiro atoms. The quantitative estimate of drug-likeness (QED) is 0.391. The highest BCUT2D eigenvalue weighted by Gasteiger charge is 2.27. The van der Waals surface area contributed by atoms with Gasteiger partial charge in [-0.2, -0.15) is 0 Å². The number of carbonyl (C=O) groups excluding carboxylic acids is 2. The van der Waals surface area contributed by atoms with Gasteiger partial charge in [-0.1, -0.05) is 54.0 Å². The predicted octanol–water partition coefficient (Wildman–Crippen LogP) is 4.80. The van der Waals surface area contributed by atoms with E-state index in [1.165, 1.54) is 10.6 Å². The fraction of sp³-hybridized carbons (Fsp3) is 0.481. The van der Waals surface area contributed by atoms with Crippen LogP contribution in [0.2, 0.25) is 0 Å². The number of amides is 2. The maximum atomic E-state index is 13.4. The van der Waals surface area contributed by atoms with Gasteiger partial charge in [0.05, 0.1) is 11.9 Å².